The molecule has 16 rings (SSSR count). The molecular weight excluding hydrogens is 1130 g/mol. The molecule has 4 aliphatic rings. The first-order chi connectivity index (χ1) is 44.8. The Bertz CT molecular complexity index is 5040. The lowest BCUT2D eigenvalue weighted by molar-refractivity contribution is 0.332. The maximum absolute atomic E-state index is 2.62. The van der Waals surface area contributed by atoms with E-state index in [2.05, 4.69) is 342 Å². The summed E-state index contributed by atoms with van der Waals surface area (Å²) in [4.78, 5) is 5.22. The fourth-order valence-electron chi connectivity index (χ4n) is 16.9. The summed E-state index contributed by atoms with van der Waals surface area (Å²) in [5.74, 6) is 0. The standard InChI is InChI=1S/C90H88BN3/c1-85(2,3)64-35-45-79-70(55-64)69-25-19-21-27-78(69)94(79)67-40-43-76-81(56-67)93(66-38-30-59(31-39-66)61-33-42-73-75(51-61)90(13,14)49-47-88(73,9)10)83-54-63(57-22-16-15-17-23-57)53-82-84(83)91(76)77-52-62(68-24-18-20-26-71(68)86(4,5)6)34-44-80(77)92(82)65-36-28-58(29-37-65)60-32-41-72-74(50-60)89(11,12)48-46-87(72,7)8/h15-45,50-56H,46-49H2,1-14H3. The van der Waals surface area contributed by atoms with E-state index >= 15 is 0 Å². The van der Waals surface area contributed by atoms with Crippen LogP contribution in [0, 0.1) is 0 Å². The summed E-state index contributed by atoms with van der Waals surface area (Å²) in [5, 5.41) is 2.54. The topological polar surface area (TPSA) is 11.4 Å². The second-order valence-corrected chi connectivity index (χ2v) is 32.7. The number of hydrogen-bond donors (Lipinski definition) is 0. The van der Waals surface area contributed by atoms with Gasteiger partial charge in [0.05, 0.1) is 11.0 Å². The number of rotatable bonds is 7. The Morgan fingerprint density at radius 2 is 0.809 bits per heavy atom. The molecule has 94 heavy (non-hydrogen) atoms. The van der Waals surface area contributed by atoms with Crippen LogP contribution in [0.4, 0.5) is 34.1 Å². The number of aromatic nitrogens is 1. The molecule has 0 fully saturated rings. The third-order valence-corrected chi connectivity index (χ3v) is 22.6. The van der Waals surface area contributed by atoms with Gasteiger partial charge in [0, 0.05) is 50.6 Å². The van der Waals surface area contributed by atoms with Crippen molar-refractivity contribution in [1.82, 2.24) is 4.57 Å². The van der Waals surface area contributed by atoms with Crippen molar-refractivity contribution in [3.05, 3.63) is 264 Å². The third kappa shape index (κ3) is 9.66. The van der Waals surface area contributed by atoms with Crippen molar-refractivity contribution in [2.75, 3.05) is 9.80 Å². The van der Waals surface area contributed by atoms with Crippen LogP contribution in [0.15, 0.2) is 231 Å². The van der Waals surface area contributed by atoms with Crippen LogP contribution in [0.1, 0.15) is 156 Å². The highest BCUT2D eigenvalue weighted by Crippen LogP contribution is 2.52. The summed E-state index contributed by atoms with van der Waals surface area (Å²) < 4.78 is 2.52. The van der Waals surface area contributed by atoms with Gasteiger partial charge in [0.15, 0.2) is 0 Å². The minimum atomic E-state index is -0.125. The van der Waals surface area contributed by atoms with Crippen molar-refractivity contribution in [2.24, 2.45) is 0 Å². The maximum Gasteiger partial charge on any atom is 0.252 e. The SMILES string of the molecule is CC(C)(C)c1ccc2c(c1)c1ccccc1n2-c1ccc2c(c1)N(c1ccc(-c3ccc4c(c3)C(C)(C)CCC4(C)C)cc1)c1cc(-c3ccccc3)cc3c1B2c1cc(-c2ccccc2C(C)(C)C)ccc1N3c1ccc(-c2ccc3c(c2)C(C)(C)CCC3(C)C)cc1. The fraction of sp³-hybridized carbons (Fsp3) is 0.267. The summed E-state index contributed by atoms with van der Waals surface area (Å²) >= 11 is 0. The number of para-hydroxylation sites is 1. The van der Waals surface area contributed by atoms with Gasteiger partial charge in [-0.3, -0.25) is 0 Å². The van der Waals surface area contributed by atoms with Crippen LogP contribution in [0.3, 0.4) is 0 Å². The van der Waals surface area contributed by atoms with Crippen molar-refractivity contribution >= 4 is 79.0 Å². The fourth-order valence-corrected chi connectivity index (χ4v) is 16.9. The lowest BCUT2D eigenvalue weighted by Crippen LogP contribution is -2.61. The molecule has 0 N–H and O–H groups in total. The van der Waals surface area contributed by atoms with Crippen LogP contribution in [0.25, 0.3) is 72.0 Å². The number of benzene rings is 11. The van der Waals surface area contributed by atoms with E-state index in [9.17, 15) is 0 Å². The van der Waals surface area contributed by atoms with Crippen LogP contribution < -0.4 is 26.2 Å². The van der Waals surface area contributed by atoms with Crippen LogP contribution >= 0.6 is 0 Å². The van der Waals surface area contributed by atoms with Gasteiger partial charge in [-0.2, -0.15) is 0 Å². The molecule has 3 nitrogen and oxygen atoms in total. The second-order valence-electron chi connectivity index (χ2n) is 32.7. The van der Waals surface area contributed by atoms with Gasteiger partial charge in [0.1, 0.15) is 0 Å². The molecule has 12 aromatic rings. The molecule has 11 aromatic carbocycles. The van der Waals surface area contributed by atoms with Gasteiger partial charge in [-0.05, 0) is 225 Å². The molecule has 0 saturated carbocycles. The first-order valence-electron chi connectivity index (χ1n) is 34.6. The van der Waals surface area contributed by atoms with E-state index in [4.69, 9.17) is 0 Å². The van der Waals surface area contributed by atoms with E-state index in [1.165, 1.54) is 165 Å². The summed E-state index contributed by atoms with van der Waals surface area (Å²) in [6.45, 7) is 33.3. The Hall–Kier alpha value is -9.12. The zero-order valence-corrected chi connectivity index (χ0v) is 57.7. The van der Waals surface area contributed by atoms with Gasteiger partial charge in [0.25, 0.3) is 6.71 Å². The minimum Gasteiger partial charge on any atom is -0.311 e. The average Bonchev–Trinajstić information content (AvgIpc) is 0.757. The van der Waals surface area contributed by atoms with Crippen LogP contribution in [0.5, 0.6) is 0 Å². The Labute approximate surface area is 559 Å². The molecule has 0 atom stereocenters. The molecule has 0 radical (unpaired) electrons. The van der Waals surface area contributed by atoms with Crippen molar-refractivity contribution in [3.8, 4) is 50.2 Å². The molecule has 0 amide bonds. The Kier molecular flexibility index (Phi) is 13.5. The molecular formula is C90H88BN3. The molecule has 0 bridgehead atoms. The van der Waals surface area contributed by atoms with Gasteiger partial charge in [0.2, 0.25) is 0 Å². The second kappa shape index (κ2) is 21.2. The summed E-state index contributed by atoms with van der Waals surface area (Å²) in [6.07, 6.45) is 4.75. The Morgan fingerprint density at radius 3 is 1.39 bits per heavy atom. The molecule has 2 aliphatic heterocycles. The molecule has 2 aliphatic carbocycles. The molecule has 3 heterocycles. The van der Waals surface area contributed by atoms with Gasteiger partial charge in [-0.15, -0.1) is 0 Å². The van der Waals surface area contributed by atoms with E-state index in [1.807, 2.05) is 0 Å². The number of nitrogens with zero attached hydrogens (tertiary/aromatic N) is 3. The molecule has 0 spiro atoms. The van der Waals surface area contributed by atoms with Gasteiger partial charge in [-0.25, -0.2) is 0 Å². The third-order valence-electron chi connectivity index (χ3n) is 22.6. The van der Waals surface area contributed by atoms with Gasteiger partial charge >= 0.3 is 0 Å². The number of anilines is 6. The van der Waals surface area contributed by atoms with E-state index in [0.29, 0.717) is 0 Å². The van der Waals surface area contributed by atoms with Crippen molar-refractivity contribution < 1.29 is 0 Å². The molecule has 0 saturated heterocycles. The highest BCUT2D eigenvalue weighted by atomic mass is 15.2. The first kappa shape index (κ1) is 59.9. The van der Waals surface area contributed by atoms with Crippen LogP contribution in [-0.4, -0.2) is 11.3 Å². The number of hydrogen-bond acceptors (Lipinski definition) is 2. The van der Waals surface area contributed by atoms with E-state index in [0.717, 1.165) is 17.1 Å². The van der Waals surface area contributed by atoms with E-state index < -0.39 is 0 Å². The average molecular weight is 1220 g/mol. The minimum absolute atomic E-state index is 0.00124. The summed E-state index contributed by atoms with van der Waals surface area (Å²) in [5.41, 5.74) is 33.3. The van der Waals surface area contributed by atoms with E-state index in [1.54, 1.807) is 0 Å². The zero-order valence-electron chi connectivity index (χ0n) is 57.7. The lowest BCUT2D eigenvalue weighted by atomic mass is 9.33. The Morgan fingerprint density at radius 1 is 0.319 bits per heavy atom. The molecule has 1 aromatic heterocycles. The van der Waals surface area contributed by atoms with Crippen molar-refractivity contribution in [2.45, 2.75) is 155 Å². The monoisotopic (exact) mass is 1220 g/mol. The zero-order chi connectivity index (χ0) is 65.2. The molecule has 466 valence electrons. The lowest BCUT2D eigenvalue weighted by Gasteiger charge is -2.45. The van der Waals surface area contributed by atoms with E-state index in [-0.39, 0.29) is 39.2 Å². The largest absolute Gasteiger partial charge is 0.311 e. The summed E-state index contributed by atoms with van der Waals surface area (Å²) in [6, 6.07) is 89.9. The first-order valence-corrected chi connectivity index (χ1v) is 34.6. The molecule has 0 unspecified atom stereocenters. The van der Waals surface area contributed by atoms with Gasteiger partial charge in [-0.1, -0.05) is 255 Å². The van der Waals surface area contributed by atoms with Crippen LogP contribution in [0.2, 0.25) is 0 Å². The summed E-state index contributed by atoms with van der Waals surface area (Å²) in [7, 11) is 0. The number of fused-ring (bicyclic) bond motifs is 9. The van der Waals surface area contributed by atoms with Crippen molar-refractivity contribution in [3.63, 3.8) is 0 Å². The highest BCUT2D eigenvalue weighted by molar-refractivity contribution is 7.00. The molecule has 4 heteroatoms. The quantitative estimate of drug-likeness (QED) is 0.147. The highest BCUT2D eigenvalue weighted by Gasteiger charge is 2.45. The van der Waals surface area contributed by atoms with Gasteiger partial charge < -0.3 is 14.4 Å². The maximum atomic E-state index is 2.62. The van der Waals surface area contributed by atoms with Crippen LogP contribution in [-0.2, 0) is 32.5 Å². The van der Waals surface area contributed by atoms with Crippen molar-refractivity contribution in [1.29, 1.82) is 0 Å². The Balaban J connectivity index is 0.952. The normalized spacial score (nSPS) is 16.5. The smallest absolute Gasteiger partial charge is 0.252 e. The predicted molar refractivity (Wildman–Crippen MR) is 405 cm³/mol. The predicted octanol–water partition coefficient (Wildman–Crippen LogP) is 22.8.